The highest BCUT2D eigenvalue weighted by Crippen LogP contribution is 2.34. The molecule has 1 fully saturated rings. The predicted octanol–water partition coefficient (Wildman–Crippen LogP) is 1.84. The van der Waals surface area contributed by atoms with Gasteiger partial charge in [-0.3, -0.25) is 0 Å². The molecule has 0 bridgehead atoms. The van der Waals surface area contributed by atoms with Crippen LogP contribution in [0, 0.1) is 0 Å². The molecule has 1 aliphatic rings. The second kappa shape index (κ2) is 6.10. The standard InChI is InChI=1S/C14H24N4O/c1-18(2)12-8-9-16-14(19-3)13(12)17-11-6-4-10(15)5-7-11/h8-11,17H,4-7,15H2,1-3H3. The van der Waals surface area contributed by atoms with Crippen molar-refractivity contribution in [3.05, 3.63) is 12.3 Å². The minimum absolute atomic E-state index is 0.363. The number of methoxy groups -OCH3 is 1. The van der Waals surface area contributed by atoms with Crippen molar-refractivity contribution in [1.82, 2.24) is 4.98 Å². The summed E-state index contributed by atoms with van der Waals surface area (Å²) in [6, 6.07) is 2.82. The van der Waals surface area contributed by atoms with Gasteiger partial charge in [-0.2, -0.15) is 0 Å². The van der Waals surface area contributed by atoms with Crippen LogP contribution >= 0.6 is 0 Å². The second-order valence-corrected chi connectivity index (χ2v) is 5.36. The molecule has 106 valence electrons. The molecule has 0 spiro atoms. The summed E-state index contributed by atoms with van der Waals surface area (Å²) in [6.45, 7) is 0. The van der Waals surface area contributed by atoms with Gasteiger partial charge in [0.1, 0.15) is 5.69 Å². The lowest BCUT2D eigenvalue weighted by molar-refractivity contribution is 0.392. The Balaban J connectivity index is 2.18. The van der Waals surface area contributed by atoms with E-state index >= 15 is 0 Å². The van der Waals surface area contributed by atoms with Gasteiger partial charge in [0, 0.05) is 32.4 Å². The predicted molar refractivity (Wildman–Crippen MR) is 79.0 cm³/mol. The lowest BCUT2D eigenvalue weighted by atomic mass is 9.91. The molecule has 5 heteroatoms. The lowest BCUT2D eigenvalue weighted by Gasteiger charge is -2.29. The zero-order chi connectivity index (χ0) is 13.8. The van der Waals surface area contributed by atoms with Crippen LogP contribution in [0.1, 0.15) is 25.7 Å². The minimum Gasteiger partial charge on any atom is -0.479 e. The van der Waals surface area contributed by atoms with E-state index in [1.165, 1.54) is 0 Å². The number of nitrogens with two attached hydrogens (primary N) is 1. The Labute approximate surface area is 115 Å². The molecule has 0 amide bonds. The third kappa shape index (κ3) is 3.29. The number of hydrogen-bond donors (Lipinski definition) is 2. The summed E-state index contributed by atoms with van der Waals surface area (Å²) in [6.07, 6.45) is 6.14. The number of rotatable bonds is 4. The molecule has 1 aliphatic carbocycles. The highest BCUT2D eigenvalue weighted by atomic mass is 16.5. The topological polar surface area (TPSA) is 63.4 Å². The average molecular weight is 264 g/mol. The van der Waals surface area contributed by atoms with Gasteiger partial charge in [-0.15, -0.1) is 0 Å². The van der Waals surface area contributed by atoms with Crippen molar-refractivity contribution in [2.75, 3.05) is 31.4 Å². The van der Waals surface area contributed by atoms with Gasteiger partial charge < -0.3 is 20.7 Å². The number of aromatic nitrogens is 1. The van der Waals surface area contributed by atoms with Gasteiger partial charge in [0.25, 0.3) is 0 Å². The number of pyridine rings is 1. The fourth-order valence-corrected chi connectivity index (χ4v) is 2.56. The van der Waals surface area contributed by atoms with Crippen LogP contribution in [-0.4, -0.2) is 38.3 Å². The smallest absolute Gasteiger partial charge is 0.239 e. The molecular weight excluding hydrogens is 240 g/mol. The monoisotopic (exact) mass is 264 g/mol. The van der Waals surface area contributed by atoms with Crippen molar-refractivity contribution in [2.24, 2.45) is 5.73 Å². The van der Waals surface area contributed by atoms with Gasteiger partial charge >= 0.3 is 0 Å². The van der Waals surface area contributed by atoms with Gasteiger partial charge in [0.05, 0.1) is 12.8 Å². The first-order valence-electron chi connectivity index (χ1n) is 6.84. The van der Waals surface area contributed by atoms with E-state index < -0.39 is 0 Å². The first-order valence-corrected chi connectivity index (χ1v) is 6.84. The van der Waals surface area contributed by atoms with Gasteiger partial charge in [-0.25, -0.2) is 4.98 Å². The van der Waals surface area contributed by atoms with Crippen LogP contribution in [0.15, 0.2) is 12.3 Å². The number of ether oxygens (including phenoxy) is 1. The number of nitrogens with one attached hydrogen (secondary N) is 1. The van der Waals surface area contributed by atoms with Crippen molar-refractivity contribution >= 4 is 11.4 Å². The van der Waals surface area contributed by atoms with Crippen LogP contribution in [0.2, 0.25) is 0 Å². The molecular formula is C14H24N4O. The quantitative estimate of drug-likeness (QED) is 0.869. The molecule has 1 aromatic heterocycles. The summed E-state index contributed by atoms with van der Waals surface area (Å²) in [7, 11) is 5.71. The lowest BCUT2D eigenvalue weighted by Crippen LogP contribution is -2.33. The van der Waals surface area contributed by atoms with E-state index in [1.807, 2.05) is 20.2 Å². The Morgan fingerprint density at radius 2 is 2.00 bits per heavy atom. The van der Waals surface area contributed by atoms with Crippen LogP contribution in [-0.2, 0) is 0 Å². The Bertz CT molecular complexity index is 414. The van der Waals surface area contributed by atoms with Crippen LogP contribution in [0.3, 0.4) is 0 Å². The molecule has 5 nitrogen and oxygen atoms in total. The van der Waals surface area contributed by atoms with Crippen LogP contribution in [0.5, 0.6) is 5.88 Å². The maximum Gasteiger partial charge on any atom is 0.239 e. The van der Waals surface area contributed by atoms with E-state index in [0.717, 1.165) is 37.1 Å². The van der Waals surface area contributed by atoms with Gasteiger partial charge in [-0.05, 0) is 31.7 Å². The Kier molecular flexibility index (Phi) is 4.47. The van der Waals surface area contributed by atoms with E-state index in [0.29, 0.717) is 18.0 Å². The first-order chi connectivity index (χ1) is 9.11. The summed E-state index contributed by atoms with van der Waals surface area (Å²) >= 11 is 0. The zero-order valence-electron chi connectivity index (χ0n) is 12.0. The molecule has 2 rings (SSSR count). The van der Waals surface area contributed by atoms with Crippen LogP contribution in [0.4, 0.5) is 11.4 Å². The minimum atomic E-state index is 0.363. The average Bonchev–Trinajstić information content (AvgIpc) is 2.41. The molecule has 0 atom stereocenters. The second-order valence-electron chi connectivity index (χ2n) is 5.36. The molecule has 0 unspecified atom stereocenters. The maximum absolute atomic E-state index is 5.95. The van der Waals surface area contributed by atoms with Crippen LogP contribution < -0.4 is 20.7 Å². The van der Waals surface area contributed by atoms with Crippen molar-refractivity contribution in [3.63, 3.8) is 0 Å². The molecule has 1 aromatic rings. The zero-order valence-corrected chi connectivity index (χ0v) is 12.0. The molecule has 0 aliphatic heterocycles. The third-order valence-electron chi connectivity index (χ3n) is 3.69. The summed E-state index contributed by atoms with van der Waals surface area (Å²) in [5.41, 5.74) is 8.03. The van der Waals surface area contributed by atoms with E-state index in [1.54, 1.807) is 13.3 Å². The highest BCUT2D eigenvalue weighted by molar-refractivity contribution is 5.74. The summed E-state index contributed by atoms with van der Waals surface area (Å²) in [5, 5.41) is 3.59. The van der Waals surface area contributed by atoms with Crippen LogP contribution in [0.25, 0.3) is 0 Å². The molecule has 1 heterocycles. The fourth-order valence-electron chi connectivity index (χ4n) is 2.56. The largest absolute Gasteiger partial charge is 0.479 e. The summed E-state index contributed by atoms with van der Waals surface area (Å²) in [4.78, 5) is 6.36. The van der Waals surface area contributed by atoms with E-state index in [2.05, 4.69) is 15.2 Å². The molecule has 0 aromatic carbocycles. The Morgan fingerprint density at radius 1 is 1.32 bits per heavy atom. The highest BCUT2D eigenvalue weighted by Gasteiger charge is 2.21. The van der Waals surface area contributed by atoms with Crippen molar-refractivity contribution in [3.8, 4) is 5.88 Å². The number of nitrogens with zero attached hydrogens (tertiary/aromatic N) is 2. The van der Waals surface area contributed by atoms with Gasteiger partial charge in [-0.1, -0.05) is 0 Å². The normalized spacial score (nSPS) is 22.9. The van der Waals surface area contributed by atoms with Crippen molar-refractivity contribution < 1.29 is 4.74 Å². The van der Waals surface area contributed by atoms with Gasteiger partial charge in [0.2, 0.25) is 5.88 Å². The van der Waals surface area contributed by atoms with Crippen molar-refractivity contribution in [2.45, 2.75) is 37.8 Å². The SMILES string of the molecule is COc1nccc(N(C)C)c1NC1CCC(N)CC1. The molecule has 3 N–H and O–H groups in total. The van der Waals surface area contributed by atoms with E-state index in [9.17, 15) is 0 Å². The molecule has 19 heavy (non-hydrogen) atoms. The molecule has 1 saturated carbocycles. The van der Waals surface area contributed by atoms with E-state index in [4.69, 9.17) is 10.5 Å². The maximum atomic E-state index is 5.95. The number of hydrogen-bond acceptors (Lipinski definition) is 5. The first kappa shape index (κ1) is 13.9. The fraction of sp³-hybridized carbons (Fsp3) is 0.643. The third-order valence-corrected chi connectivity index (χ3v) is 3.69. The summed E-state index contributed by atoms with van der Waals surface area (Å²) in [5.74, 6) is 0.654. The van der Waals surface area contributed by atoms with Crippen molar-refractivity contribution in [1.29, 1.82) is 0 Å². The number of anilines is 2. The summed E-state index contributed by atoms with van der Waals surface area (Å²) < 4.78 is 5.37. The Morgan fingerprint density at radius 3 is 2.58 bits per heavy atom. The molecule has 0 radical (unpaired) electrons. The van der Waals surface area contributed by atoms with E-state index in [-0.39, 0.29) is 0 Å². The molecule has 0 saturated heterocycles. The van der Waals surface area contributed by atoms with Gasteiger partial charge in [0.15, 0.2) is 0 Å². The Hall–Kier alpha value is -1.49.